The first-order valence-electron chi connectivity index (χ1n) is 10.1. The number of aromatic nitrogens is 2. The standard InChI is InChI=1S/C22H17F4N3O3/c23-10-3-6-15(13(24)7-10)29-19-12(20(30)17-21(31)28-32-22(17)29)8-14(25)16(18(19)26)9-1-4-11(27)5-2-9/h3,6-9,11H,1-2,4-5,27H2,(H,28,31). The molecule has 2 aromatic carbocycles. The summed E-state index contributed by atoms with van der Waals surface area (Å²) in [6.07, 6.45) is 2.04. The molecule has 1 fully saturated rings. The zero-order valence-electron chi connectivity index (χ0n) is 16.6. The van der Waals surface area contributed by atoms with Gasteiger partial charge in [0.25, 0.3) is 5.56 Å². The molecule has 0 spiro atoms. The second-order valence-electron chi connectivity index (χ2n) is 8.07. The normalized spacial score (nSPS) is 19.2. The number of pyridine rings is 1. The molecule has 0 saturated heterocycles. The van der Waals surface area contributed by atoms with E-state index < -0.39 is 62.2 Å². The van der Waals surface area contributed by atoms with Crippen molar-refractivity contribution >= 4 is 22.0 Å². The number of hydrogen-bond donors (Lipinski definition) is 2. The van der Waals surface area contributed by atoms with Gasteiger partial charge in [0.2, 0.25) is 11.1 Å². The summed E-state index contributed by atoms with van der Waals surface area (Å²) >= 11 is 0. The number of aromatic amines is 1. The Balaban J connectivity index is 1.93. The lowest BCUT2D eigenvalue weighted by molar-refractivity contribution is 0.377. The van der Waals surface area contributed by atoms with E-state index in [9.17, 15) is 18.4 Å². The van der Waals surface area contributed by atoms with E-state index in [1.54, 1.807) is 0 Å². The Hall–Kier alpha value is -3.40. The minimum absolute atomic E-state index is 0.0573. The maximum atomic E-state index is 15.9. The predicted octanol–water partition coefficient (Wildman–Crippen LogP) is 3.97. The van der Waals surface area contributed by atoms with E-state index in [-0.39, 0.29) is 17.3 Å². The molecule has 0 bridgehead atoms. The van der Waals surface area contributed by atoms with Crippen LogP contribution in [0, 0.1) is 23.3 Å². The summed E-state index contributed by atoms with van der Waals surface area (Å²) in [6, 6.07) is 3.32. The molecule has 32 heavy (non-hydrogen) atoms. The van der Waals surface area contributed by atoms with E-state index in [0.717, 1.165) is 22.8 Å². The van der Waals surface area contributed by atoms with Gasteiger partial charge in [0, 0.05) is 17.7 Å². The van der Waals surface area contributed by atoms with Crippen LogP contribution >= 0.6 is 0 Å². The number of halogens is 4. The fourth-order valence-corrected chi connectivity index (χ4v) is 4.58. The summed E-state index contributed by atoms with van der Waals surface area (Å²) in [5, 5.41) is 0.982. The highest BCUT2D eigenvalue weighted by molar-refractivity contribution is 5.93. The molecule has 1 aliphatic carbocycles. The van der Waals surface area contributed by atoms with Gasteiger partial charge in [-0.1, -0.05) is 0 Å². The van der Waals surface area contributed by atoms with Crippen molar-refractivity contribution in [1.82, 2.24) is 9.72 Å². The van der Waals surface area contributed by atoms with Crippen molar-refractivity contribution in [2.45, 2.75) is 37.6 Å². The van der Waals surface area contributed by atoms with Crippen molar-refractivity contribution in [3.05, 3.63) is 73.7 Å². The Kier molecular flexibility index (Phi) is 4.70. The molecule has 0 unspecified atom stereocenters. The highest BCUT2D eigenvalue weighted by Gasteiger charge is 2.30. The summed E-state index contributed by atoms with van der Waals surface area (Å²) in [5.74, 6) is -4.46. The van der Waals surface area contributed by atoms with E-state index in [1.807, 2.05) is 5.16 Å². The van der Waals surface area contributed by atoms with Gasteiger partial charge in [0.1, 0.15) is 17.5 Å². The SMILES string of the molecule is NC1CCC(c2c(F)cc3c(=O)c4c(=O)[nH]oc4n(-c4ccc(F)cc4F)c3c2F)CC1. The van der Waals surface area contributed by atoms with Crippen LogP contribution in [0.3, 0.4) is 0 Å². The van der Waals surface area contributed by atoms with Gasteiger partial charge in [0.05, 0.1) is 16.6 Å². The van der Waals surface area contributed by atoms with Crippen molar-refractivity contribution in [3.63, 3.8) is 0 Å². The van der Waals surface area contributed by atoms with Crippen LogP contribution in [0.4, 0.5) is 17.6 Å². The number of hydrogen-bond acceptors (Lipinski definition) is 4. The fraction of sp³-hybridized carbons (Fsp3) is 0.273. The van der Waals surface area contributed by atoms with Gasteiger partial charge in [0.15, 0.2) is 11.2 Å². The van der Waals surface area contributed by atoms with E-state index in [0.29, 0.717) is 31.7 Å². The zero-order valence-corrected chi connectivity index (χ0v) is 16.6. The number of rotatable bonds is 2. The summed E-state index contributed by atoms with van der Waals surface area (Å²) in [4.78, 5) is 25.1. The van der Waals surface area contributed by atoms with Crippen LogP contribution in [-0.2, 0) is 0 Å². The zero-order chi connectivity index (χ0) is 22.7. The number of nitrogens with zero attached hydrogens (tertiary/aromatic N) is 1. The van der Waals surface area contributed by atoms with Gasteiger partial charge in [-0.15, -0.1) is 0 Å². The topological polar surface area (TPSA) is 94.0 Å². The van der Waals surface area contributed by atoms with Crippen LogP contribution < -0.4 is 16.7 Å². The van der Waals surface area contributed by atoms with Gasteiger partial charge in [-0.3, -0.25) is 14.2 Å². The lowest BCUT2D eigenvalue weighted by atomic mass is 9.81. The minimum atomic E-state index is -1.09. The monoisotopic (exact) mass is 447 g/mol. The smallest absolute Gasteiger partial charge is 0.293 e. The van der Waals surface area contributed by atoms with Gasteiger partial charge in [-0.2, -0.15) is 5.16 Å². The van der Waals surface area contributed by atoms with Crippen molar-refractivity contribution in [3.8, 4) is 5.69 Å². The molecule has 10 heteroatoms. The number of H-pyrrole nitrogens is 1. The van der Waals surface area contributed by atoms with Crippen molar-refractivity contribution in [1.29, 1.82) is 0 Å². The molecular weight excluding hydrogens is 430 g/mol. The summed E-state index contributed by atoms with van der Waals surface area (Å²) in [7, 11) is 0. The molecule has 0 amide bonds. The number of nitrogens with two attached hydrogens (primary N) is 1. The van der Waals surface area contributed by atoms with E-state index in [2.05, 4.69) is 0 Å². The van der Waals surface area contributed by atoms with Crippen LogP contribution in [-0.4, -0.2) is 15.8 Å². The highest BCUT2D eigenvalue weighted by atomic mass is 19.1. The van der Waals surface area contributed by atoms with Crippen molar-refractivity contribution < 1.29 is 22.1 Å². The largest absolute Gasteiger partial charge is 0.359 e. The van der Waals surface area contributed by atoms with Crippen molar-refractivity contribution in [2.24, 2.45) is 5.73 Å². The van der Waals surface area contributed by atoms with Crippen LogP contribution in [0.1, 0.15) is 37.2 Å². The first kappa shape index (κ1) is 20.5. The third-order valence-corrected chi connectivity index (χ3v) is 6.14. The molecule has 2 heterocycles. The molecule has 6 nitrogen and oxygen atoms in total. The molecule has 2 aromatic heterocycles. The minimum Gasteiger partial charge on any atom is -0.359 e. The lowest BCUT2D eigenvalue weighted by Gasteiger charge is -2.27. The van der Waals surface area contributed by atoms with Crippen LogP contribution in [0.15, 0.2) is 38.4 Å². The Morgan fingerprint density at radius 1 is 1.00 bits per heavy atom. The first-order chi connectivity index (χ1) is 15.3. The van der Waals surface area contributed by atoms with Crippen LogP contribution in [0.5, 0.6) is 0 Å². The van der Waals surface area contributed by atoms with Gasteiger partial charge in [-0.05, 0) is 49.8 Å². The van der Waals surface area contributed by atoms with Gasteiger partial charge < -0.3 is 10.3 Å². The second kappa shape index (κ2) is 7.33. The first-order valence-corrected chi connectivity index (χ1v) is 10.1. The Morgan fingerprint density at radius 3 is 2.41 bits per heavy atom. The number of fused-ring (bicyclic) bond motifs is 2. The van der Waals surface area contributed by atoms with Gasteiger partial charge >= 0.3 is 0 Å². The molecule has 1 aliphatic rings. The Morgan fingerprint density at radius 2 is 1.72 bits per heavy atom. The highest BCUT2D eigenvalue weighted by Crippen LogP contribution is 2.38. The molecule has 5 rings (SSSR count). The third kappa shape index (κ3) is 2.97. The Bertz CT molecular complexity index is 1500. The average molecular weight is 447 g/mol. The van der Waals surface area contributed by atoms with Crippen LogP contribution in [0.2, 0.25) is 0 Å². The maximum absolute atomic E-state index is 15.9. The van der Waals surface area contributed by atoms with E-state index in [4.69, 9.17) is 10.3 Å². The number of benzene rings is 2. The molecule has 166 valence electrons. The van der Waals surface area contributed by atoms with Gasteiger partial charge in [-0.25, -0.2) is 17.6 Å². The Labute approximate surface area is 177 Å². The lowest BCUT2D eigenvalue weighted by Crippen LogP contribution is -2.26. The fourth-order valence-electron chi connectivity index (χ4n) is 4.58. The predicted molar refractivity (Wildman–Crippen MR) is 109 cm³/mol. The van der Waals surface area contributed by atoms with E-state index in [1.165, 1.54) is 0 Å². The second-order valence-corrected chi connectivity index (χ2v) is 8.07. The van der Waals surface area contributed by atoms with Crippen LogP contribution in [0.25, 0.3) is 27.7 Å². The molecule has 0 radical (unpaired) electrons. The summed E-state index contributed by atoms with van der Waals surface area (Å²) in [6.45, 7) is 0. The number of nitrogens with one attached hydrogen (secondary N) is 1. The van der Waals surface area contributed by atoms with Crippen molar-refractivity contribution in [2.75, 3.05) is 0 Å². The molecule has 4 aromatic rings. The molecule has 0 atom stereocenters. The quantitative estimate of drug-likeness (QED) is 0.455. The summed E-state index contributed by atoms with van der Waals surface area (Å²) < 4.78 is 65.2. The molecule has 0 aliphatic heterocycles. The third-order valence-electron chi connectivity index (χ3n) is 6.14. The molecule has 1 saturated carbocycles. The average Bonchev–Trinajstić information content (AvgIpc) is 3.13. The maximum Gasteiger partial charge on any atom is 0.293 e. The van der Waals surface area contributed by atoms with E-state index >= 15 is 8.78 Å². The molecule has 3 N–H and O–H groups in total. The summed E-state index contributed by atoms with van der Waals surface area (Å²) in [5.41, 5.74) is 2.49. The molecular formula is C22H17F4N3O3.